The smallest absolute Gasteiger partial charge is 0.169 e. The first-order chi connectivity index (χ1) is 12.8. The fraction of sp³-hybridized carbons (Fsp3) is 0.417. The molecule has 1 atom stereocenters. The normalized spacial score (nSPS) is 13.9. The van der Waals surface area contributed by atoms with E-state index >= 15 is 0 Å². The summed E-state index contributed by atoms with van der Waals surface area (Å²) in [5, 5.41) is 12.4. The molecule has 0 aliphatic rings. The molecule has 0 saturated carbocycles. The van der Waals surface area contributed by atoms with Gasteiger partial charge in [-0.3, -0.25) is 0 Å². The van der Waals surface area contributed by atoms with Gasteiger partial charge in [0.15, 0.2) is 8.24 Å². The highest BCUT2D eigenvalue weighted by Gasteiger charge is 2.46. The number of nitrogens with zero attached hydrogens (tertiary/aromatic N) is 1. The number of fused-ring (bicyclic) bond motifs is 1. The second-order valence-electron chi connectivity index (χ2n) is 8.64. The molecule has 1 unspecified atom stereocenters. The quantitative estimate of drug-likeness (QED) is 0.471. The van der Waals surface area contributed by atoms with E-state index in [9.17, 15) is 5.11 Å². The average molecular weight is 380 g/mol. The Balaban J connectivity index is 2.29. The number of aromatic nitrogens is 1. The molecule has 1 heterocycles. The van der Waals surface area contributed by atoms with Crippen molar-refractivity contribution in [1.29, 1.82) is 0 Å². The van der Waals surface area contributed by atoms with Gasteiger partial charge in [0.1, 0.15) is 6.10 Å². The molecule has 0 saturated heterocycles. The number of aliphatic hydroxyl groups excluding tert-OH is 1. The Kier molecular flexibility index (Phi) is 5.64. The highest BCUT2D eigenvalue weighted by atomic mass is 28.3. The molecule has 2 nitrogen and oxygen atoms in total. The summed E-state index contributed by atoms with van der Waals surface area (Å²) in [5.41, 5.74) is 5.06. The third-order valence-electron chi connectivity index (χ3n) is 6.34. The Morgan fingerprint density at radius 1 is 0.741 bits per heavy atom. The van der Waals surface area contributed by atoms with E-state index in [0.29, 0.717) is 16.6 Å². The van der Waals surface area contributed by atoms with Crippen molar-refractivity contribution in [1.82, 2.24) is 4.23 Å². The maximum atomic E-state index is 11.2. The first-order valence-corrected chi connectivity index (χ1v) is 12.3. The summed E-state index contributed by atoms with van der Waals surface area (Å²) in [6.45, 7) is 14.3. The largest absolute Gasteiger partial charge is 0.384 e. The van der Waals surface area contributed by atoms with Gasteiger partial charge in [0, 0.05) is 22.7 Å². The van der Waals surface area contributed by atoms with E-state index in [0.717, 1.165) is 11.1 Å². The molecule has 0 fully saturated rings. The van der Waals surface area contributed by atoms with Crippen molar-refractivity contribution in [3.8, 4) is 0 Å². The van der Waals surface area contributed by atoms with Crippen LogP contribution >= 0.6 is 0 Å². The Hall–Kier alpha value is -1.84. The molecule has 0 amide bonds. The monoisotopic (exact) mass is 379 g/mol. The summed E-state index contributed by atoms with van der Waals surface area (Å²) in [7, 11) is -1.89. The zero-order chi connectivity index (χ0) is 19.8. The maximum absolute atomic E-state index is 11.2. The number of para-hydroxylation sites is 1. The van der Waals surface area contributed by atoms with Crippen LogP contribution in [0, 0.1) is 0 Å². The lowest BCUT2D eigenvalue weighted by Gasteiger charge is -2.44. The molecule has 0 radical (unpaired) electrons. The Bertz CT molecular complexity index is 873. The Morgan fingerprint density at radius 3 is 1.81 bits per heavy atom. The van der Waals surface area contributed by atoms with Crippen LogP contribution in [-0.4, -0.2) is 17.6 Å². The van der Waals surface area contributed by atoms with Gasteiger partial charge in [-0.1, -0.05) is 90.1 Å². The topological polar surface area (TPSA) is 25.2 Å². The predicted octanol–water partition coefficient (Wildman–Crippen LogP) is 6.75. The summed E-state index contributed by atoms with van der Waals surface area (Å²) in [6, 6.07) is 18.6. The standard InChI is InChI=1S/C24H33NOSi/c1-17(2)27(18(3)4,19(5)6)25-16-22(21-14-10-11-15-23(21)25)24(26)20-12-8-7-9-13-20/h7-19,24,26H,1-6H3. The second-order valence-corrected chi connectivity index (χ2v) is 14.4. The van der Waals surface area contributed by atoms with Gasteiger partial charge in [0.25, 0.3) is 0 Å². The lowest BCUT2D eigenvalue weighted by molar-refractivity contribution is 0.222. The van der Waals surface area contributed by atoms with Gasteiger partial charge in [0.05, 0.1) is 0 Å². The van der Waals surface area contributed by atoms with Crippen molar-refractivity contribution in [3.63, 3.8) is 0 Å². The van der Waals surface area contributed by atoms with Crippen LogP contribution in [0.5, 0.6) is 0 Å². The maximum Gasteiger partial charge on any atom is 0.169 e. The summed E-state index contributed by atoms with van der Waals surface area (Å²) in [6.07, 6.45) is 1.67. The lowest BCUT2D eigenvalue weighted by Crippen LogP contribution is -2.51. The molecule has 3 aromatic rings. The summed E-state index contributed by atoms with van der Waals surface area (Å²) in [5.74, 6) is 0. The third-order valence-corrected chi connectivity index (χ3v) is 13.1. The predicted molar refractivity (Wildman–Crippen MR) is 119 cm³/mol. The first-order valence-electron chi connectivity index (χ1n) is 10.1. The molecule has 144 valence electrons. The minimum atomic E-state index is -1.89. The molecular formula is C24H33NOSi. The minimum absolute atomic E-state index is 0.601. The van der Waals surface area contributed by atoms with E-state index in [1.165, 1.54) is 10.9 Å². The third kappa shape index (κ3) is 3.17. The van der Waals surface area contributed by atoms with Crippen LogP contribution in [0.4, 0.5) is 0 Å². The van der Waals surface area contributed by atoms with Gasteiger partial charge < -0.3 is 9.34 Å². The molecular weight excluding hydrogens is 346 g/mol. The Morgan fingerprint density at radius 2 is 1.26 bits per heavy atom. The van der Waals surface area contributed by atoms with Gasteiger partial charge in [0.2, 0.25) is 0 Å². The molecule has 0 aliphatic heterocycles. The molecule has 1 N–H and O–H groups in total. The van der Waals surface area contributed by atoms with Crippen molar-refractivity contribution in [2.75, 3.05) is 0 Å². The van der Waals surface area contributed by atoms with E-state index < -0.39 is 14.3 Å². The highest BCUT2D eigenvalue weighted by molar-refractivity contribution is 6.82. The van der Waals surface area contributed by atoms with Crippen LogP contribution in [0.25, 0.3) is 10.9 Å². The second kappa shape index (κ2) is 7.65. The van der Waals surface area contributed by atoms with Gasteiger partial charge in [-0.2, -0.15) is 0 Å². The van der Waals surface area contributed by atoms with Gasteiger partial charge >= 0.3 is 0 Å². The summed E-state index contributed by atoms with van der Waals surface area (Å²) >= 11 is 0. The van der Waals surface area contributed by atoms with Crippen molar-refractivity contribution >= 4 is 19.1 Å². The van der Waals surface area contributed by atoms with E-state index in [1.807, 2.05) is 30.3 Å². The molecule has 27 heavy (non-hydrogen) atoms. The molecule has 0 aliphatic carbocycles. The number of hydrogen-bond donors (Lipinski definition) is 1. The lowest BCUT2D eigenvalue weighted by atomic mass is 10.0. The summed E-state index contributed by atoms with van der Waals surface area (Å²) < 4.78 is 2.60. The fourth-order valence-electron chi connectivity index (χ4n) is 5.39. The SMILES string of the molecule is CC(C)[Si](C(C)C)(C(C)C)n1cc(C(O)c2ccccc2)c2ccccc21. The zero-order valence-corrected chi connectivity index (χ0v) is 18.5. The van der Waals surface area contributed by atoms with Crippen molar-refractivity contribution < 1.29 is 5.11 Å². The van der Waals surface area contributed by atoms with Gasteiger partial charge in [-0.15, -0.1) is 0 Å². The number of aliphatic hydroxyl groups is 1. The van der Waals surface area contributed by atoms with E-state index in [-0.39, 0.29) is 0 Å². The van der Waals surface area contributed by atoms with Crippen molar-refractivity contribution in [2.24, 2.45) is 0 Å². The Labute approximate surface area is 164 Å². The first kappa shape index (κ1) is 19.9. The van der Waals surface area contributed by atoms with Crippen molar-refractivity contribution in [2.45, 2.75) is 64.3 Å². The van der Waals surface area contributed by atoms with Crippen LogP contribution < -0.4 is 0 Å². The molecule has 1 aromatic heterocycles. The molecule has 0 spiro atoms. The van der Waals surface area contributed by atoms with E-state index in [1.54, 1.807) is 0 Å². The molecule has 0 bridgehead atoms. The van der Waals surface area contributed by atoms with Crippen LogP contribution in [0.2, 0.25) is 16.6 Å². The van der Waals surface area contributed by atoms with Gasteiger partial charge in [-0.05, 0) is 28.3 Å². The number of benzene rings is 2. The van der Waals surface area contributed by atoms with E-state index in [2.05, 4.69) is 76.2 Å². The number of rotatable bonds is 6. The van der Waals surface area contributed by atoms with Gasteiger partial charge in [-0.25, -0.2) is 0 Å². The number of hydrogen-bond acceptors (Lipinski definition) is 1. The molecule has 3 rings (SSSR count). The molecule has 2 aromatic carbocycles. The minimum Gasteiger partial charge on any atom is -0.384 e. The highest BCUT2D eigenvalue weighted by Crippen LogP contribution is 2.45. The average Bonchev–Trinajstić information content (AvgIpc) is 3.01. The van der Waals surface area contributed by atoms with Crippen LogP contribution in [0.1, 0.15) is 58.8 Å². The molecule has 3 heteroatoms. The van der Waals surface area contributed by atoms with E-state index in [4.69, 9.17) is 0 Å². The fourth-order valence-corrected chi connectivity index (χ4v) is 12.0. The van der Waals surface area contributed by atoms with Crippen LogP contribution in [-0.2, 0) is 0 Å². The summed E-state index contributed by atoms with van der Waals surface area (Å²) in [4.78, 5) is 0. The zero-order valence-electron chi connectivity index (χ0n) is 17.5. The van der Waals surface area contributed by atoms with Crippen LogP contribution in [0.3, 0.4) is 0 Å². The van der Waals surface area contributed by atoms with Crippen molar-refractivity contribution in [3.05, 3.63) is 71.9 Å². The van der Waals surface area contributed by atoms with Crippen LogP contribution in [0.15, 0.2) is 60.8 Å².